The van der Waals surface area contributed by atoms with E-state index < -0.39 is 6.09 Å². The standard InChI is InChI=1S/C22H18ClN7O2/c1-28-6-5-24-21(28)13-3-4-17(16(23)7-13)27-20-9-19-14(10-25-20)8-18(30(19)22(31)32)15-11-26-29(2)12-15/h3-12H,1-2H3,(H,25,27)(H,31,32). The number of hydrogen-bond donors (Lipinski definition) is 2. The molecule has 160 valence electrons. The minimum absolute atomic E-state index is 0.475. The molecule has 9 nitrogen and oxygen atoms in total. The van der Waals surface area contributed by atoms with Gasteiger partial charge in [-0.3, -0.25) is 4.68 Å². The number of anilines is 2. The first-order chi connectivity index (χ1) is 15.4. The van der Waals surface area contributed by atoms with Crippen molar-refractivity contribution in [1.29, 1.82) is 0 Å². The Labute approximate surface area is 187 Å². The smallest absolute Gasteiger partial charge is 0.416 e. The van der Waals surface area contributed by atoms with Crippen LogP contribution < -0.4 is 5.32 Å². The van der Waals surface area contributed by atoms with Crippen molar-refractivity contribution in [3.63, 3.8) is 0 Å². The Kier molecular flexibility index (Phi) is 4.67. The molecular formula is C22H18ClN7O2. The highest BCUT2D eigenvalue weighted by atomic mass is 35.5. The number of aromatic nitrogens is 6. The van der Waals surface area contributed by atoms with Crippen LogP contribution in [0.15, 0.2) is 61.3 Å². The second-order valence-corrected chi connectivity index (χ2v) is 7.77. The second-order valence-electron chi connectivity index (χ2n) is 7.36. The van der Waals surface area contributed by atoms with E-state index in [1.54, 1.807) is 48.6 Å². The average Bonchev–Trinajstić information content (AvgIpc) is 3.47. The zero-order valence-corrected chi connectivity index (χ0v) is 17.9. The third-order valence-electron chi connectivity index (χ3n) is 5.19. The molecule has 0 saturated carbocycles. The van der Waals surface area contributed by atoms with Gasteiger partial charge in [-0.25, -0.2) is 19.3 Å². The van der Waals surface area contributed by atoms with Crippen molar-refractivity contribution >= 4 is 40.1 Å². The lowest BCUT2D eigenvalue weighted by molar-refractivity contribution is 0.198. The maximum atomic E-state index is 12.0. The van der Waals surface area contributed by atoms with Gasteiger partial charge in [0.15, 0.2) is 0 Å². The minimum Gasteiger partial charge on any atom is -0.464 e. The van der Waals surface area contributed by atoms with E-state index in [-0.39, 0.29) is 0 Å². The number of nitrogens with one attached hydrogen (secondary N) is 1. The molecule has 2 N–H and O–H groups in total. The Morgan fingerprint density at radius 1 is 1.09 bits per heavy atom. The molecule has 0 saturated heterocycles. The first kappa shape index (κ1) is 19.8. The SMILES string of the molecule is Cn1cc(-c2cc3cnc(Nc4ccc(-c5nccn5C)cc4Cl)cc3n2C(=O)O)cn1. The fraction of sp³-hybridized carbons (Fsp3) is 0.0909. The van der Waals surface area contributed by atoms with Gasteiger partial charge >= 0.3 is 6.09 Å². The number of pyridine rings is 1. The lowest BCUT2D eigenvalue weighted by Crippen LogP contribution is -2.09. The summed E-state index contributed by atoms with van der Waals surface area (Å²) in [5.41, 5.74) is 3.27. The van der Waals surface area contributed by atoms with E-state index in [1.165, 1.54) is 4.57 Å². The van der Waals surface area contributed by atoms with Crippen LogP contribution in [0.1, 0.15) is 0 Å². The molecule has 0 amide bonds. The van der Waals surface area contributed by atoms with Crippen molar-refractivity contribution in [2.75, 3.05) is 5.32 Å². The predicted molar refractivity (Wildman–Crippen MR) is 122 cm³/mol. The van der Waals surface area contributed by atoms with Crippen LogP contribution in [0.3, 0.4) is 0 Å². The van der Waals surface area contributed by atoms with Crippen LogP contribution in [0.2, 0.25) is 5.02 Å². The summed E-state index contributed by atoms with van der Waals surface area (Å²) in [4.78, 5) is 20.8. The summed E-state index contributed by atoms with van der Waals surface area (Å²) in [6, 6.07) is 9.05. The first-order valence-corrected chi connectivity index (χ1v) is 10.1. The van der Waals surface area contributed by atoms with Crippen molar-refractivity contribution in [2.24, 2.45) is 14.1 Å². The molecule has 0 unspecified atom stereocenters. The second kappa shape index (κ2) is 7.54. The molecule has 1 aromatic carbocycles. The quantitative estimate of drug-likeness (QED) is 0.411. The van der Waals surface area contributed by atoms with Gasteiger partial charge in [0.05, 0.1) is 28.1 Å². The number of aryl methyl sites for hydroxylation is 2. The molecule has 0 atom stereocenters. The Morgan fingerprint density at radius 3 is 2.59 bits per heavy atom. The van der Waals surface area contributed by atoms with Crippen LogP contribution in [-0.2, 0) is 14.1 Å². The van der Waals surface area contributed by atoms with Gasteiger partial charge in [-0.15, -0.1) is 0 Å². The van der Waals surface area contributed by atoms with Crippen molar-refractivity contribution in [1.82, 2.24) is 28.9 Å². The highest BCUT2D eigenvalue weighted by molar-refractivity contribution is 6.33. The maximum absolute atomic E-state index is 12.0. The van der Waals surface area contributed by atoms with E-state index in [4.69, 9.17) is 11.6 Å². The molecule has 0 fully saturated rings. The Hall–Kier alpha value is -4.11. The zero-order valence-electron chi connectivity index (χ0n) is 17.2. The van der Waals surface area contributed by atoms with Gasteiger partial charge in [0.25, 0.3) is 0 Å². The third-order valence-corrected chi connectivity index (χ3v) is 5.50. The molecule has 5 rings (SSSR count). The number of nitrogens with zero attached hydrogens (tertiary/aromatic N) is 6. The first-order valence-electron chi connectivity index (χ1n) is 9.69. The Morgan fingerprint density at radius 2 is 1.94 bits per heavy atom. The van der Waals surface area contributed by atoms with Gasteiger partial charge in [0.1, 0.15) is 11.6 Å². The number of halogens is 1. The molecule has 32 heavy (non-hydrogen) atoms. The summed E-state index contributed by atoms with van der Waals surface area (Å²) in [5, 5.41) is 18.4. The molecule has 0 bridgehead atoms. The monoisotopic (exact) mass is 447 g/mol. The summed E-state index contributed by atoms with van der Waals surface area (Å²) in [6.07, 6.45) is 7.53. The lowest BCUT2D eigenvalue weighted by atomic mass is 10.2. The van der Waals surface area contributed by atoms with Gasteiger partial charge < -0.3 is 15.0 Å². The zero-order chi connectivity index (χ0) is 22.4. The van der Waals surface area contributed by atoms with E-state index in [2.05, 4.69) is 20.4 Å². The highest BCUT2D eigenvalue weighted by Crippen LogP contribution is 2.32. The summed E-state index contributed by atoms with van der Waals surface area (Å²) in [7, 11) is 3.70. The molecule has 0 aliphatic carbocycles. The van der Waals surface area contributed by atoms with E-state index in [1.807, 2.05) is 36.0 Å². The number of benzene rings is 1. The van der Waals surface area contributed by atoms with E-state index in [0.717, 1.165) is 11.4 Å². The Balaban J connectivity index is 1.52. The number of carbonyl (C=O) groups is 1. The number of rotatable bonds is 4. The van der Waals surface area contributed by atoms with Crippen molar-refractivity contribution in [3.8, 4) is 22.6 Å². The molecule has 4 aromatic heterocycles. The van der Waals surface area contributed by atoms with Crippen molar-refractivity contribution < 1.29 is 9.90 Å². The predicted octanol–water partition coefficient (Wildman–Crippen LogP) is 4.76. The molecular weight excluding hydrogens is 430 g/mol. The molecule has 0 radical (unpaired) electrons. The van der Waals surface area contributed by atoms with Crippen molar-refractivity contribution in [2.45, 2.75) is 0 Å². The normalized spacial score (nSPS) is 11.2. The van der Waals surface area contributed by atoms with Crippen LogP contribution in [0, 0.1) is 0 Å². The van der Waals surface area contributed by atoms with Gasteiger partial charge in [-0.05, 0) is 24.3 Å². The summed E-state index contributed by atoms with van der Waals surface area (Å²) in [5.74, 6) is 1.28. The van der Waals surface area contributed by atoms with Crippen molar-refractivity contribution in [3.05, 3.63) is 66.3 Å². The largest absolute Gasteiger partial charge is 0.464 e. The summed E-state index contributed by atoms with van der Waals surface area (Å²) >= 11 is 6.50. The summed E-state index contributed by atoms with van der Waals surface area (Å²) < 4.78 is 4.76. The maximum Gasteiger partial charge on any atom is 0.416 e. The molecule has 0 spiro atoms. The third kappa shape index (κ3) is 3.38. The van der Waals surface area contributed by atoms with Crippen LogP contribution in [0.25, 0.3) is 33.5 Å². The number of hydrogen-bond acceptors (Lipinski definition) is 5. The van der Waals surface area contributed by atoms with E-state index in [0.29, 0.717) is 38.7 Å². The fourth-order valence-corrected chi connectivity index (χ4v) is 3.91. The van der Waals surface area contributed by atoms with Gasteiger partial charge in [0.2, 0.25) is 0 Å². The van der Waals surface area contributed by atoms with E-state index >= 15 is 0 Å². The minimum atomic E-state index is -1.09. The molecule has 0 aliphatic rings. The highest BCUT2D eigenvalue weighted by Gasteiger charge is 2.18. The van der Waals surface area contributed by atoms with Gasteiger partial charge in [-0.2, -0.15) is 5.10 Å². The molecule has 5 aromatic rings. The van der Waals surface area contributed by atoms with Crippen LogP contribution in [0.4, 0.5) is 16.3 Å². The average molecular weight is 448 g/mol. The van der Waals surface area contributed by atoms with Crippen LogP contribution >= 0.6 is 11.6 Å². The molecule has 4 heterocycles. The van der Waals surface area contributed by atoms with Gasteiger partial charge in [-0.1, -0.05) is 11.6 Å². The molecule has 10 heteroatoms. The Bertz CT molecular complexity index is 1480. The number of fused-ring (bicyclic) bond motifs is 1. The van der Waals surface area contributed by atoms with E-state index in [9.17, 15) is 9.90 Å². The lowest BCUT2D eigenvalue weighted by Gasteiger charge is -2.10. The summed E-state index contributed by atoms with van der Waals surface area (Å²) in [6.45, 7) is 0. The molecule has 0 aliphatic heterocycles. The van der Waals surface area contributed by atoms with Crippen LogP contribution in [0.5, 0.6) is 0 Å². The van der Waals surface area contributed by atoms with Crippen LogP contribution in [-0.4, -0.2) is 40.1 Å². The fourth-order valence-electron chi connectivity index (χ4n) is 3.68. The topological polar surface area (TPSA) is 103 Å². The number of carboxylic acid groups (broad SMARTS) is 1. The number of imidazole rings is 1. The van der Waals surface area contributed by atoms with Gasteiger partial charge in [0, 0.05) is 61.5 Å².